The van der Waals surface area contributed by atoms with Gasteiger partial charge in [0.05, 0.1) is 11.8 Å². The summed E-state index contributed by atoms with van der Waals surface area (Å²) in [6.45, 7) is 0. The van der Waals surface area contributed by atoms with Crippen LogP contribution in [0.3, 0.4) is 0 Å². The second kappa shape index (κ2) is 14.9. The molecule has 0 saturated heterocycles. The Hall–Kier alpha value is -8.72. The average molecular weight is 939 g/mol. The summed E-state index contributed by atoms with van der Waals surface area (Å²) in [5.74, 6) is -8.50. The van der Waals surface area contributed by atoms with Crippen molar-refractivity contribution in [2.75, 3.05) is 0 Å². The van der Waals surface area contributed by atoms with Crippen molar-refractivity contribution in [2.45, 2.75) is 47.1 Å². The predicted molar refractivity (Wildman–Crippen MR) is 250 cm³/mol. The second-order valence-corrected chi connectivity index (χ2v) is 18.5. The van der Waals surface area contributed by atoms with E-state index < -0.39 is 70.1 Å². The molecule has 0 saturated carbocycles. The number of aliphatic hydroxyl groups is 2. The molecule has 12 rings (SSSR count). The van der Waals surface area contributed by atoms with Crippen LogP contribution in [-0.2, 0) is 11.2 Å². The monoisotopic (exact) mass is 938 g/mol. The maximum atomic E-state index is 15.3. The smallest absolute Gasteiger partial charge is 0.135 e. The summed E-state index contributed by atoms with van der Waals surface area (Å²) in [5.41, 5.74) is -4.10. The van der Waals surface area contributed by atoms with Gasteiger partial charge in [0.15, 0.2) is 0 Å². The number of phenols is 10. The fourth-order valence-electron chi connectivity index (χ4n) is 12.1. The maximum absolute atomic E-state index is 15.3. The zero-order valence-corrected chi connectivity index (χ0v) is 36.5. The Labute approximate surface area is 397 Å². The first-order valence-electron chi connectivity index (χ1n) is 22.3. The molecule has 0 spiro atoms. The number of phenolic OH excluding ortho intramolecular Hbond substituents is 10. The number of ether oxygens (including phenoxy) is 2. The summed E-state index contributed by atoms with van der Waals surface area (Å²) < 4.78 is 13.5. The highest BCUT2D eigenvalue weighted by Gasteiger charge is 2.68. The largest absolute Gasteiger partial charge is 0.508 e. The van der Waals surface area contributed by atoms with E-state index in [1.54, 1.807) is 24.3 Å². The van der Waals surface area contributed by atoms with Gasteiger partial charge in [-0.1, -0.05) is 48.5 Å². The van der Waals surface area contributed by atoms with Crippen molar-refractivity contribution in [1.82, 2.24) is 0 Å². The minimum atomic E-state index is -2.98. The minimum absolute atomic E-state index is 0.0317. The van der Waals surface area contributed by atoms with Crippen LogP contribution >= 0.6 is 0 Å². The molecule has 0 aromatic heterocycles. The van der Waals surface area contributed by atoms with Gasteiger partial charge < -0.3 is 70.8 Å². The van der Waals surface area contributed by atoms with Crippen LogP contribution in [0, 0.1) is 0 Å². The van der Waals surface area contributed by atoms with Gasteiger partial charge in [-0.25, -0.2) is 0 Å². The van der Waals surface area contributed by atoms with E-state index in [4.69, 9.17) is 9.47 Å². The summed E-state index contributed by atoms with van der Waals surface area (Å²) >= 11 is 0. The van der Waals surface area contributed by atoms with Crippen molar-refractivity contribution in [3.8, 4) is 69.0 Å². The molecule has 8 atom stereocenters. The molecule has 14 heteroatoms. The molecule has 2 heterocycles. The van der Waals surface area contributed by atoms with E-state index in [0.29, 0.717) is 11.1 Å². The van der Waals surface area contributed by atoms with Crippen LogP contribution in [0.4, 0.5) is 0 Å². The molecule has 12 N–H and O–H groups in total. The normalized spacial score (nSPS) is 24.5. The van der Waals surface area contributed by atoms with Crippen molar-refractivity contribution in [1.29, 1.82) is 0 Å². The topological polar surface area (TPSA) is 261 Å². The van der Waals surface area contributed by atoms with Crippen LogP contribution in [0.15, 0.2) is 146 Å². The summed E-state index contributed by atoms with van der Waals surface area (Å²) in [4.78, 5) is 0. The van der Waals surface area contributed by atoms with Crippen molar-refractivity contribution in [3.05, 3.63) is 212 Å². The Balaban J connectivity index is 1.30. The second-order valence-electron chi connectivity index (χ2n) is 18.5. The van der Waals surface area contributed by atoms with Crippen LogP contribution in [0.1, 0.15) is 103 Å². The lowest BCUT2D eigenvalue weighted by molar-refractivity contribution is -0.183. The first-order chi connectivity index (χ1) is 33.5. The van der Waals surface area contributed by atoms with Crippen molar-refractivity contribution in [3.63, 3.8) is 0 Å². The number of fused-ring (bicyclic) bond motifs is 4. The van der Waals surface area contributed by atoms with E-state index in [2.05, 4.69) is 0 Å². The fraction of sp³-hybridized carbons (Fsp3) is 0.143. The van der Waals surface area contributed by atoms with Crippen LogP contribution in [0.2, 0.25) is 0 Å². The number of rotatable bonds is 5. The van der Waals surface area contributed by atoms with Gasteiger partial charge in [-0.05, 0) is 117 Å². The molecule has 0 fully saturated rings. The third-order valence-corrected chi connectivity index (χ3v) is 14.7. The van der Waals surface area contributed by atoms with Crippen LogP contribution < -0.4 is 9.47 Å². The summed E-state index contributed by atoms with van der Waals surface area (Å²) in [5, 5.41) is 145. The van der Waals surface area contributed by atoms with Gasteiger partial charge in [-0.2, -0.15) is 0 Å². The molecule has 0 unspecified atom stereocenters. The molecule has 14 nitrogen and oxygen atoms in total. The SMILES string of the molecule is Oc1ccc([C@H]2c3c(O)cc(O)cc3[C@@H]3c4c(cc(O)cc4[C@]2(O)[C@@]2(O)c4cc(O)cc5c4[C@@H](c4cc(O)cc(O)c4[C@@H]2c2ccc(O)cc2)[C@H](c2ccc(O)cc2)O5)O[C@H]3c2ccc(O)cc2)cc1. The molecule has 70 heavy (non-hydrogen) atoms. The summed E-state index contributed by atoms with van der Waals surface area (Å²) in [6, 6.07) is 33.9. The fourth-order valence-corrected chi connectivity index (χ4v) is 12.1. The van der Waals surface area contributed by atoms with Crippen molar-refractivity contribution in [2.24, 2.45) is 0 Å². The standard InChI is InChI=1S/C56H42O14/c57-29-9-1-25(2-10-29)51-45-37(17-33(61)21-41(45)65)47-49-39(19-35(63)23-43(49)69-53(47)27-5-13-31(59)14-6-27)55(51,67)56(68)40-20-36(64)24-44-50(40)48(54(70-44)28-7-15-32(60)16-8-28)38-18-34(62)22-42(66)46(38)52(56)26-3-11-30(58)12-4-26/h1-24,47-48,51-54,57-68H/t47-,48-,51+,52+,53+,54+,55-,56-/m1/s1. The zero-order valence-electron chi connectivity index (χ0n) is 36.5. The molecule has 0 radical (unpaired) electrons. The highest BCUT2D eigenvalue weighted by Crippen LogP contribution is 2.71. The molecule has 8 aromatic rings. The van der Waals surface area contributed by atoms with Gasteiger partial charge in [0.1, 0.15) is 92.4 Å². The summed E-state index contributed by atoms with van der Waals surface area (Å²) in [7, 11) is 0. The minimum Gasteiger partial charge on any atom is -0.508 e. The number of hydrogen-bond donors (Lipinski definition) is 12. The molecule has 2 aliphatic heterocycles. The highest BCUT2D eigenvalue weighted by atomic mass is 16.5. The van der Waals surface area contributed by atoms with Crippen LogP contribution in [0.5, 0.6) is 69.0 Å². The van der Waals surface area contributed by atoms with Gasteiger partial charge in [0, 0.05) is 58.4 Å². The summed E-state index contributed by atoms with van der Waals surface area (Å²) in [6.07, 6.45) is -2.06. The van der Waals surface area contributed by atoms with E-state index in [-0.39, 0.29) is 102 Å². The quantitative estimate of drug-likeness (QED) is 0.0771. The Kier molecular flexibility index (Phi) is 9.07. The Morgan fingerprint density at radius 3 is 0.943 bits per heavy atom. The van der Waals surface area contributed by atoms with E-state index in [9.17, 15) is 51.1 Å². The first-order valence-corrected chi connectivity index (χ1v) is 22.3. The maximum Gasteiger partial charge on any atom is 0.135 e. The number of benzene rings is 8. The van der Waals surface area contributed by atoms with Gasteiger partial charge in [-0.3, -0.25) is 0 Å². The Morgan fingerprint density at radius 1 is 0.314 bits per heavy atom. The van der Waals surface area contributed by atoms with E-state index in [1.807, 2.05) is 0 Å². The molecule has 2 aliphatic carbocycles. The molecule has 0 bridgehead atoms. The van der Waals surface area contributed by atoms with E-state index in [0.717, 1.165) is 12.1 Å². The van der Waals surface area contributed by atoms with E-state index >= 15 is 10.2 Å². The van der Waals surface area contributed by atoms with Gasteiger partial charge >= 0.3 is 0 Å². The lowest BCUT2D eigenvalue weighted by Gasteiger charge is -2.53. The van der Waals surface area contributed by atoms with Crippen molar-refractivity contribution >= 4 is 0 Å². The van der Waals surface area contributed by atoms with Crippen LogP contribution in [-0.4, -0.2) is 61.3 Å². The van der Waals surface area contributed by atoms with Crippen LogP contribution in [0.25, 0.3) is 0 Å². The number of aromatic hydroxyl groups is 10. The molecule has 350 valence electrons. The van der Waals surface area contributed by atoms with Gasteiger partial charge in [0.25, 0.3) is 0 Å². The lowest BCUT2D eigenvalue weighted by Crippen LogP contribution is -2.57. The predicted octanol–water partition coefficient (Wildman–Crippen LogP) is 8.64. The first kappa shape index (κ1) is 42.6. The Bertz CT molecular complexity index is 3220. The molecule has 0 amide bonds. The van der Waals surface area contributed by atoms with Gasteiger partial charge in [0.2, 0.25) is 0 Å². The Morgan fingerprint density at radius 2 is 0.614 bits per heavy atom. The van der Waals surface area contributed by atoms with E-state index in [1.165, 1.54) is 109 Å². The number of hydrogen-bond acceptors (Lipinski definition) is 14. The lowest BCUT2D eigenvalue weighted by atomic mass is 9.56. The third kappa shape index (κ3) is 5.93. The molecular formula is C56H42O14. The van der Waals surface area contributed by atoms with Crippen molar-refractivity contribution < 1.29 is 70.8 Å². The van der Waals surface area contributed by atoms with Gasteiger partial charge in [-0.15, -0.1) is 0 Å². The highest BCUT2D eigenvalue weighted by molar-refractivity contribution is 5.72. The molecule has 4 aliphatic rings. The third-order valence-electron chi connectivity index (χ3n) is 14.7. The molecule has 8 aromatic carbocycles. The average Bonchev–Trinajstić information content (AvgIpc) is 3.84. The molecular weight excluding hydrogens is 897 g/mol. The zero-order chi connectivity index (χ0) is 48.7.